The molecule has 4 aliphatic rings. The number of rotatable bonds is 5. The van der Waals surface area contributed by atoms with Gasteiger partial charge in [0.25, 0.3) is 0 Å². The molecule has 3 aromatic carbocycles. The van der Waals surface area contributed by atoms with Crippen LogP contribution >= 0.6 is 0 Å². The lowest BCUT2D eigenvalue weighted by Gasteiger charge is -2.37. The van der Waals surface area contributed by atoms with Crippen molar-refractivity contribution in [2.24, 2.45) is 5.92 Å². The molecule has 3 aromatic rings. The van der Waals surface area contributed by atoms with Crippen LogP contribution in [0, 0.1) is 5.92 Å². The smallest absolute Gasteiger partial charge is 0.410 e. The molecule has 3 saturated heterocycles. The highest BCUT2D eigenvalue weighted by molar-refractivity contribution is 5.98. The van der Waals surface area contributed by atoms with E-state index in [2.05, 4.69) is 36.4 Å². The van der Waals surface area contributed by atoms with Gasteiger partial charge in [-0.05, 0) is 47.9 Å². The second-order valence-corrected chi connectivity index (χ2v) is 10.8. The zero-order valence-electron chi connectivity index (χ0n) is 21.3. The number of ether oxygens (including phenoxy) is 3. The van der Waals surface area contributed by atoms with E-state index in [1.807, 2.05) is 41.3 Å². The number of piperidine rings is 1. The van der Waals surface area contributed by atoms with E-state index in [-0.39, 0.29) is 42.1 Å². The first-order valence-electron chi connectivity index (χ1n) is 13.7. The van der Waals surface area contributed by atoms with Gasteiger partial charge in [0.15, 0.2) is 12.1 Å². The Balaban J connectivity index is 1.01. The van der Waals surface area contributed by atoms with Crippen LogP contribution in [0.3, 0.4) is 0 Å². The highest BCUT2D eigenvalue weighted by atomic mass is 16.7. The largest absolute Gasteiger partial charge is 0.448 e. The molecular weight excluding hydrogens is 478 g/mol. The number of amides is 1. The van der Waals surface area contributed by atoms with Crippen LogP contribution in [0.15, 0.2) is 72.8 Å². The first kappa shape index (κ1) is 23.6. The molecule has 6 nitrogen and oxygen atoms in total. The van der Waals surface area contributed by atoms with Crippen molar-refractivity contribution in [1.82, 2.24) is 4.90 Å². The summed E-state index contributed by atoms with van der Waals surface area (Å²) in [5.41, 5.74) is 6.52. The molecule has 2 bridgehead atoms. The van der Waals surface area contributed by atoms with Crippen molar-refractivity contribution in [3.63, 3.8) is 0 Å². The molecule has 3 fully saturated rings. The number of nitrogens with zero attached hydrogens (tertiary/aromatic N) is 1. The molecule has 0 radical (unpaired) electrons. The molecule has 3 heterocycles. The number of carbonyl (C=O) groups excluding carboxylic acids is 2. The van der Waals surface area contributed by atoms with Crippen LogP contribution in [-0.4, -0.2) is 48.7 Å². The van der Waals surface area contributed by atoms with Crippen LogP contribution in [0.4, 0.5) is 4.79 Å². The van der Waals surface area contributed by atoms with Crippen LogP contribution in [-0.2, 0) is 14.2 Å². The van der Waals surface area contributed by atoms with Crippen molar-refractivity contribution in [2.75, 3.05) is 19.8 Å². The van der Waals surface area contributed by atoms with E-state index in [9.17, 15) is 9.59 Å². The molecule has 2 unspecified atom stereocenters. The monoisotopic (exact) mass is 509 g/mol. The maximum atomic E-state index is 13.4. The van der Waals surface area contributed by atoms with Crippen LogP contribution in [0.5, 0.6) is 0 Å². The van der Waals surface area contributed by atoms with Gasteiger partial charge in [-0.2, -0.15) is 0 Å². The number of Topliss-reactive ketones (excluding diaryl/α,β-unsaturated/α-hetero) is 1. The van der Waals surface area contributed by atoms with E-state index in [1.54, 1.807) is 0 Å². The molecular formula is C32H31NO5. The second-order valence-electron chi connectivity index (χ2n) is 10.8. The molecule has 3 aliphatic heterocycles. The zero-order valence-corrected chi connectivity index (χ0v) is 21.3. The van der Waals surface area contributed by atoms with Gasteiger partial charge in [0.05, 0.1) is 13.2 Å². The molecule has 0 saturated carbocycles. The highest BCUT2D eigenvalue weighted by Crippen LogP contribution is 2.45. The summed E-state index contributed by atoms with van der Waals surface area (Å²) in [7, 11) is 0. The second kappa shape index (κ2) is 9.68. The maximum Gasteiger partial charge on any atom is 0.410 e. The predicted molar refractivity (Wildman–Crippen MR) is 142 cm³/mol. The van der Waals surface area contributed by atoms with Gasteiger partial charge in [0.2, 0.25) is 0 Å². The number of hydrogen-bond acceptors (Lipinski definition) is 5. The quantitative estimate of drug-likeness (QED) is 0.389. The summed E-state index contributed by atoms with van der Waals surface area (Å²) < 4.78 is 17.1. The Labute approximate surface area is 222 Å². The molecule has 2 atom stereocenters. The Hall–Kier alpha value is -3.48. The van der Waals surface area contributed by atoms with Gasteiger partial charge in [-0.1, -0.05) is 72.8 Å². The minimum Gasteiger partial charge on any atom is -0.448 e. The van der Waals surface area contributed by atoms with Crippen LogP contribution in [0.2, 0.25) is 0 Å². The molecule has 1 amide bonds. The first-order valence-corrected chi connectivity index (χ1v) is 13.7. The Morgan fingerprint density at radius 2 is 1.37 bits per heavy atom. The van der Waals surface area contributed by atoms with E-state index >= 15 is 0 Å². The van der Waals surface area contributed by atoms with Gasteiger partial charge < -0.3 is 19.1 Å². The maximum absolute atomic E-state index is 13.4. The van der Waals surface area contributed by atoms with E-state index in [0.717, 1.165) is 18.4 Å². The normalized spacial score (nSPS) is 24.3. The molecule has 7 rings (SSSR count). The third-order valence-corrected chi connectivity index (χ3v) is 8.74. The lowest BCUT2D eigenvalue weighted by Crippen LogP contribution is -2.48. The molecule has 0 N–H and O–H groups in total. The van der Waals surface area contributed by atoms with Gasteiger partial charge in [0, 0.05) is 35.0 Å². The number of fused-ring (bicyclic) bond motifs is 5. The fraction of sp³-hybridized carbons (Fsp3) is 0.375. The van der Waals surface area contributed by atoms with Gasteiger partial charge in [-0.3, -0.25) is 4.79 Å². The summed E-state index contributed by atoms with van der Waals surface area (Å²) in [5, 5.41) is 0. The Morgan fingerprint density at radius 1 is 0.789 bits per heavy atom. The van der Waals surface area contributed by atoms with Gasteiger partial charge in [-0.15, -0.1) is 0 Å². The van der Waals surface area contributed by atoms with E-state index < -0.39 is 0 Å². The number of carbonyl (C=O) groups is 2. The van der Waals surface area contributed by atoms with Crippen molar-refractivity contribution >= 4 is 11.9 Å². The van der Waals surface area contributed by atoms with Crippen LogP contribution in [0.25, 0.3) is 11.1 Å². The van der Waals surface area contributed by atoms with Gasteiger partial charge in [-0.25, -0.2) is 4.79 Å². The molecule has 38 heavy (non-hydrogen) atoms. The fourth-order valence-electron chi connectivity index (χ4n) is 6.95. The third-order valence-electron chi connectivity index (χ3n) is 8.74. The van der Waals surface area contributed by atoms with Crippen molar-refractivity contribution in [3.05, 3.63) is 95.1 Å². The summed E-state index contributed by atoms with van der Waals surface area (Å²) in [5.74, 6) is 0.134. The van der Waals surface area contributed by atoms with Gasteiger partial charge >= 0.3 is 6.09 Å². The lowest BCUT2D eigenvalue weighted by atomic mass is 9.85. The van der Waals surface area contributed by atoms with Gasteiger partial charge in [0.1, 0.15) is 6.61 Å². The Morgan fingerprint density at radius 3 is 1.97 bits per heavy atom. The minimum absolute atomic E-state index is 0.0473. The molecule has 6 heteroatoms. The summed E-state index contributed by atoms with van der Waals surface area (Å²) >= 11 is 0. The average Bonchev–Trinajstić information content (AvgIpc) is 3.67. The van der Waals surface area contributed by atoms with Crippen LogP contribution in [0.1, 0.15) is 64.9 Å². The number of hydrogen-bond donors (Lipinski definition) is 0. The van der Waals surface area contributed by atoms with E-state index in [4.69, 9.17) is 14.2 Å². The number of benzene rings is 3. The van der Waals surface area contributed by atoms with Crippen molar-refractivity contribution in [1.29, 1.82) is 0 Å². The van der Waals surface area contributed by atoms with E-state index in [0.29, 0.717) is 38.2 Å². The molecule has 1 aliphatic carbocycles. The number of ketones is 1. The Kier molecular flexibility index (Phi) is 6.02. The average molecular weight is 510 g/mol. The predicted octanol–water partition coefficient (Wildman–Crippen LogP) is 6.11. The standard InChI is InChI=1S/C32H31NO5/c34-30(20-9-11-21(12-10-20)31-36-15-16-37-31)22-17-23-13-14-24(18-22)33(23)32(35)38-19-29-27-7-3-1-5-25(27)26-6-2-4-8-28(26)29/h1-12,22-24,29,31H,13-19H2. The van der Waals surface area contributed by atoms with Crippen LogP contribution < -0.4 is 0 Å². The summed E-state index contributed by atoms with van der Waals surface area (Å²) in [6.45, 7) is 1.51. The minimum atomic E-state index is -0.338. The van der Waals surface area contributed by atoms with Crippen molar-refractivity contribution in [3.8, 4) is 11.1 Å². The Bertz CT molecular complexity index is 1300. The topological polar surface area (TPSA) is 65.1 Å². The molecule has 0 aromatic heterocycles. The van der Waals surface area contributed by atoms with Crippen molar-refractivity contribution < 1.29 is 23.8 Å². The van der Waals surface area contributed by atoms with Crippen molar-refractivity contribution in [2.45, 2.75) is 50.0 Å². The van der Waals surface area contributed by atoms with E-state index in [1.165, 1.54) is 22.3 Å². The summed E-state index contributed by atoms with van der Waals surface area (Å²) in [6, 6.07) is 24.5. The first-order chi connectivity index (χ1) is 18.7. The lowest BCUT2D eigenvalue weighted by molar-refractivity contribution is -0.0441. The highest BCUT2D eigenvalue weighted by Gasteiger charge is 2.46. The molecule has 0 spiro atoms. The summed E-state index contributed by atoms with van der Waals surface area (Å²) in [6.07, 6.45) is 2.65. The zero-order chi connectivity index (χ0) is 25.6. The fourth-order valence-corrected chi connectivity index (χ4v) is 6.95. The third kappa shape index (κ3) is 4.03. The SMILES string of the molecule is O=C(c1ccc(C2OCCO2)cc1)C1CC2CCC(C1)N2C(=O)OCC1c2ccccc2-c2ccccc21. The molecule has 194 valence electrons. The summed E-state index contributed by atoms with van der Waals surface area (Å²) in [4.78, 5) is 28.6.